The predicted octanol–water partition coefficient (Wildman–Crippen LogP) is 3.44. The lowest BCUT2D eigenvalue weighted by molar-refractivity contribution is 0.102. The summed E-state index contributed by atoms with van der Waals surface area (Å²) in [5.74, 6) is -1.20. The van der Waals surface area contributed by atoms with E-state index in [2.05, 4.69) is 21.2 Å². The minimum absolute atomic E-state index is 0.0600. The van der Waals surface area contributed by atoms with E-state index in [1.54, 1.807) is 13.0 Å². The van der Waals surface area contributed by atoms with Gasteiger partial charge in [-0.2, -0.15) is 0 Å². The van der Waals surface area contributed by atoms with Crippen molar-refractivity contribution in [1.29, 1.82) is 0 Å². The first-order valence-electron chi connectivity index (χ1n) is 5.74. The SMILES string of the molecule is Cc1cc(F)c(Br)cc1NC(=O)c1cccc(N)c1O. The zero-order chi connectivity index (χ0) is 14.9. The molecule has 0 aliphatic carbocycles. The van der Waals surface area contributed by atoms with Gasteiger partial charge in [-0.15, -0.1) is 0 Å². The lowest BCUT2D eigenvalue weighted by Gasteiger charge is -2.11. The maximum atomic E-state index is 13.3. The Bertz CT molecular complexity index is 689. The molecule has 0 unspecified atom stereocenters. The molecule has 2 aromatic carbocycles. The van der Waals surface area contributed by atoms with Crippen molar-refractivity contribution >= 4 is 33.2 Å². The van der Waals surface area contributed by atoms with E-state index in [1.165, 1.54) is 24.3 Å². The molecule has 0 aliphatic rings. The monoisotopic (exact) mass is 338 g/mol. The van der Waals surface area contributed by atoms with Crippen LogP contribution >= 0.6 is 15.9 Å². The van der Waals surface area contributed by atoms with Crippen LogP contribution in [0.2, 0.25) is 0 Å². The Morgan fingerprint density at radius 3 is 2.80 bits per heavy atom. The summed E-state index contributed by atoms with van der Waals surface area (Å²) in [7, 11) is 0. The van der Waals surface area contributed by atoms with Gasteiger partial charge in [-0.1, -0.05) is 6.07 Å². The standard InChI is InChI=1S/C14H12BrFN2O2/c1-7-5-10(16)9(15)6-12(7)18-14(20)8-3-2-4-11(17)13(8)19/h2-6,19H,17H2,1H3,(H,18,20). The molecule has 0 saturated heterocycles. The number of halogens is 2. The summed E-state index contributed by atoms with van der Waals surface area (Å²) in [6.07, 6.45) is 0. The number of aryl methyl sites for hydroxylation is 1. The molecule has 0 saturated carbocycles. The molecule has 20 heavy (non-hydrogen) atoms. The maximum Gasteiger partial charge on any atom is 0.259 e. The number of phenolic OH excluding ortho intramolecular Hbond substituents is 1. The molecule has 0 spiro atoms. The first-order valence-corrected chi connectivity index (χ1v) is 6.54. The number of carbonyl (C=O) groups is 1. The molecule has 0 radical (unpaired) electrons. The van der Waals surface area contributed by atoms with Crippen LogP contribution in [0, 0.1) is 12.7 Å². The number of para-hydroxylation sites is 1. The number of nitrogens with one attached hydrogen (secondary N) is 1. The van der Waals surface area contributed by atoms with Gasteiger partial charge in [0, 0.05) is 5.69 Å². The number of anilines is 2. The predicted molar refractivity (Wildman–Crippen MR) is 79.3 cm³/mol. The number of nitrogen functional groups attached to an aromatic ring is 1. The number of hydrogen-bond acceptors (Lipinski definition) is 3. The molecule has 0 aromatic heterocycles. The highest BCUT2D eigenvalue weighted by Gasteiger charge is 2.15. The molecule has 0 aliphatic heterocycles. The molecule has 0 atom stereocenters. The van der Waals surface area contributed by atoms with E-state index in [-0.39, 0.29) is 21.5 Å². The fourth-order valence-electron chi connectivity index (χ4n) is 1.72. The van der Waals surface area contributed by atoms with Crippen molar-refractivity contribution in [2.75, 3.05) is 11.1 Å². The first kappa shape index (κ1) is 14.3. The lowest BCUT2D eigenvalue weighted by Crippen LogP contribution is -2.13. The van der Waals surface area contributed by atoms with Gasteiger partial charge in [0.2, 0.25) is 0 Å². The van der Waals surface area contributed by atoms with Gasteiger partial charge < -0.3 is 16.2 Å². The Labute approximate surface area is 123 Å². The molecule has 1 amide bonds. The summed E-state index contributed by atoms with van der Waals surface area (Å²) in [5, 5.41) is 12.4. The van der Waals surface area contributed by atoms with Crippen LogP contribution in [0.3, 0.4) is 0 Å². The Balaban J connectivity index is 2.33. The third-order valence-corrected chi connectivity index (χ3v) is 3.44. The molecule has 0 bridgehead atoms. The third kappa shape index (κ3) is 2.75. The third-order valence-electron chi connectivity index (χ3n) is 2.83. The second-order valence-corrected chi connectivity index (χ2v) is 5.13. The second-order valence-electron chi connectivity index (χ2n) is 4.28. The Morgan fingerprint density at radius 1 is 1.40 bits per heavy atom. The number of nitrogens with two attached hydrogens (primary N) is 1. The van der Waals surface area contributed by atoms with Crippen molar-refractivity contribution in [3.05, 3.63) is 51.7 Å². The van der Waals surface area contributed by atoms with Crippen molar-refractivity contribution in [1.82, 2.24) is 0 Å². The van der Waals surface area contributed by atoms with E-state index >= 15 is 0 Å². The average molecular weight is 339 g/mol. The minimum atomic E-state index is -0.517. The summed E-state index contributed by atoms with van der Waals surface area (Å²) in [6, 6.07) is 7.28. The van der Waals surface area contributed by atoms with Gasteiger partial charge in [0.15, 0.2) is 5.75 Å². The van der Waals surface area contributed by atoms with Crippen molar-refractivity contribution in [3.63, 3.8) is 0 Å². The van der Waals surface area contributed by atoms with Crippen molar-refractivity contribution in [2.45, 2.75) is 6.92 Å². The van der Waals surface area contributed by atoms with Crippen LogP contribution in [0.4, 0.5) is 15.8 Å². The van der Waals surface area contributed by atoms with Gasteiger partial charge in [0.1, 0.15) is 5.82 Å². The van der Waals surface area contributed by atoms with Crippen LogP contribution in [-0.2, 0) is 0 Å². The number of benzene rings is 2. The zero-order valence-corrected chi connectivity index (χ0v) is 12.2. The van der Waals surface area contributed by atoms with Crippen molar-refractivity contribution < 1.29 is 14.3 Å². The van der Waals surface area contributed by atoms with E-state index in [0.717, 1.165) is 0 Å². The summed E-state index contributed by atoms with van der Waals surface area (Å²) >= 11 is 3.06. The van der Waals surface area contributed by atoms with Gasteiger partial charge in [0.25, 0.3) is 5.91 Å². The molecule has 4 nitrogen and oxygen atoms in total. The fraction of sp³-hybridized carbons (Fsp3) is 0.0714. The van der Waals surface area contributed by atoms with Gasteiger partial charge >= 0.3 is 0 Å². The van der Waals surface area contributed by atoms with Crippen molar-refractivity contribution in [3.8, 4) is 5.75 Å². The van der Waals surface area contributed by atoms with Gasteiger partial charge in [0.05, 0.1) is 15.7 Å². The second kappa shape index (κ2) is 5.50. The molecule has 2 aromatic rings. The molecule has 0 heterocycles. The Hall–Kier alpha value is -2.08. The number of amides is 1. The highest BCUT2D eigenvalue weighted by Crippen LogP contribution is 2.28. The molecular weight excluding hydrogens is 327 g/mol. The topological polar surface area (TPSA) is 75.4 Å². The summed E-state index contributed by atoms with van der Waals surface area (Å²) in [4.78, 5) is 12.1. The van der Waals surface area contributed by atoms with E-state index in [0.29, 0.717) is 11.3 Å². The van der Waals surface area contributed by atoms with Crippen LogP contribution in [-0.4, -0.2) is 11.0 Å². The minimum Gasteiger partial charge on any atom is -0.505 e. The highest BCUT2D eigenvalue weighted by atomic mass is 79.9. The van der Waals surface area contributed by atoms with Gasteiger partial charge in [-0.3, -0.25) is 4.79 Å². The summed E-state index contributed by atoms with van der Waals surface area (Å²) in [5.41, 5.74) is 6.74. The molecule has 6 heteroatoms. The van der Waals surface area contributed by atoms with Crippen LogP contribution in [0.5, 0.6) is 5.75 Å². The number of rotatable bonds is 2. The number of phenols is 1. The van der Waals surface area contributed by atoms with E-state index in [1.807, 2.05) is 0 Å². The molecular formula is C14H12BrFN2O2. The average Bonchev–Trinajstić information content (AvgIpc) is 2.39. The lowest BCUT2D eigenvalue weighted by atomic mass is 10.1. The quantitative estimate of drug-likeness (QED) is 0.580. The maximum absolute atomic E-state index is 13.3. The van der Waals surface area contributed by atoms with Crippen LogP contribution in [0.25, 0.3) is 0 Å². The van der Waals surface area contributed by atoms with Gasteiger partial charge in [-0.25, -0.2) is 4.39 Å². The van der Waals surface area contributed by atoms with Crippen LogP contribution < -0.4 is 11.1 Å². The fourth-order valence-corrected chi connectivity index (χ4v) is 2.06. The Kier molecular flexibility index (Phi) is 3.94. The zero-order valence-electron chi connectivity index (χ0n) is 10.6. The van der Waals surface area contributed by atoms with Crippen molar-refractivity contribution in [2.24, 2.45) is 0 Å². The summed E-state index contributed by atoms with van der Waals surface area (Å²) in [6.45, 7) is 1.67. The van der Waals surface area contributed by atoms with Crippen LogP contribution in [0.1, 0.15) is 15.9 Å². The molecule has 0 fully saturated rings. The molecule has 4 N–H and O–H groups in total. The Morgan fingerprint density at radius 2 is 2.10 bits per heavy atom. The van der Waals surface area contributed by atoms with Gasteiger partial charge in [-0.05, 0) is 52.7 Å². The smallest absolute Gasteiger partial charge is 0.259 e. The highest BCUT2D eigenvalue weighted by molar-refractivity contribution is 9.10. The molecule has 2 rings (SSSR count). The largest absolute Gasteiger partial charge is 0.505 e. The normalized spacial score (nSPS) is 10.3. The number of aromatic hydroxyl groups is 1. The van der Waals surface area contributed by atoms with Crippen LogP contribution in [0.15, 0.2) is 34.8 Å². The molecule has 104 valence electrons. The summed E-state index contributed by atoms with van der Waals surface area (Å²) < 4.78 is 13.6. The number of carbonyl (C=O) groups excluding carboxylic acids is 1. The number of hydrogen-bond donors (Lipinski definition) is 3. The van der Waals surface area contributed by atoms with E-state index in [4.69, 9.17) is 5.73 Å². The van der Waals surface area contributed by atoms with E-state index < -0.39 is 11.7 Å². The van der Waals surface area contributed by atoms with E-state index in [9.17, 15) is 14.3 Å². The first-order chi connectivity index (χ1) is 9.40.